The zero-order chi connectivity index (χ0) is 18.6. The Bertz CT molecular complexity index is 888. The SMILES string of the molecule is O=C1N[C@@H]([C@H]2NC(=O)Oc3c(Cl)cc(Cl)cc32)c2cc(Cl)cc(Cl)c2O1. The fraction of sp³-hybridized carbons (Fsp3) is 0.125. The van der Waals surface area contributed by atoms with Gasteiger partial charge in [0.15, 0.2) is 11.5 Å². The monoisotopic (exact) mass is 432 g/mol. The summed E-state index contributed by atoms with van der Waals surface area (Å²) >= 11 is 24.5. The van der Waals surface area contributed by atoms with Crippen molar-refractivity contribution in [2.75, 3.05) is 0 Å². The number of hydrogen-bond donors (Lipinski definition) is 2. The van der Waals surface area contributed by atoms with Gasteiger partial charge in [0.2, 0.25) is 0 Å². The van der Waals surface area contributed by atoms with Crippen LogP contribution in [0.15, 0.2) is 24.3 Å². The average Bonchev–Trinajstić information content (AvgIpc) is 2.55. The van der Waals surface area contributed by atoms with E-state index in [2.05, 4.69) is 10.6 Å². The van der Waals surface area contributed by atoms with Crippen molar-refractivity contribution in [3.63, 3.8) is 0 Å². The van der Waals surface area contributed by atoms with Crippen LogP contribution in [-0.2, 0) is 0 Å². The van der Waals surface area contributed by atoms with Crippen LogP contribution in [0.3, 0.4) is 0 Å². The summed E-state index contributed by atoms with van der Waals surface area (Å²) in [5.41, 5.74) is 0.993. The molecule has 2 atom stereocenters. The Kier molecular flexibility index (Phi) is 4.31. The van der Waals surface area contributed by atoms with Gasteiger partial charge in [-0.05, 0) is 24.3 Å². The van der Waals surface area contributed by atoms with Gasteiger partial charge in [-0.15, -0.1) is 0 Å². The van der Waals surface area contributed by atoms with E-state index in [1.807, 2.05) is 0 Å². The highest BCUT2D eigenvalue weighted by Gasteiger charge is 2.40. The summed E-state index contributed by atoms with van der Waals surface area (Å²) in [7, 11) is 0. The lowest BCUT2D eigenvalue weighted by Crippen LogP contribution is -2.47. The first-order valence-electron chi connectivity index (χ1n) is 7.28. The lowest BCUT2D eigenvalue weighted by molar-refractivity contribution is 0.168. The van der Waals surface area contributed by atoms with Gasteiger partial charge in [-0.1, -0.05) is 46.4 Å². The summed E-state index contributed by atoms with van der Waals surface area (Å²) in [6, 6.07) is 4.65. The van der Waals surface area contributed by atoms with Gasteiger partial charge in [-0.25, -0.2) is 9.59 Å². The number of fused-ring (bicyclic) bond motifs is 2. The summed E-state index contributed by atoms with van der Waals surface area (Å²) < 4.78 is 10.3. The molecule has 0 fully saturated rings. The van der Waals surface area contributed by atoms with Crippen LogP contribution in [-0.4, -0.2) is 12.2 Å². The van der Waals surface area contributed by atoms with Crippen molar-refractivity contribution in [3.8, 4) is 11.5 Å². The molecule has 0 saturated carbocycles. The molecule has 0 saturated heterocycles. The second-order valence-corrected chi connectivity index (χ2v) is 7.32. The van der Waals surface area contributed by atoms with Crippen molar-refractivity contribution >= 4 is 58.6 Å². The Labute approximate surface area is 167 Å². The first kappa shape index (κ1) is 17.5. The topological polar surface area (TPSA) is 76.7 Å². The third-order valence-corrected chi connectivity index (χ3v) is 5.01. The average molecular weight is 434 g/mol. The Morgan fingerprint density at radius 1 is 0.692 bits per heavy atom. The Hall–Kier alpha value is -1.86. The van der Waals surface area contributed by atoms with Gasteiger partial charge in [0.25, 0.3) is 0 Å². The molecular formula is C16H8Cl4N2O4. The summed E-state index contributed by atoms with van der Waals surface area (Å²) in [4.78, 5) is 24.0. The van der Waals surface area contributed by atoms with E-state index >= 15 is 0 Å². The summed E-state index contributed by atoms with van der Waals surface area (Å²) in [5.74, 6) is 0.334. The molecule has 2 N–H and O–H groups in total. The van der Waals surface area contributed by atoms with Crippen molar-refractivity contribution in [2.45, 2.75) is 12.1 Å². The Morgan fingerprint density at radius 3 is 1.46 bits per heavy atom. The van der Waals surface area contributed by atoms with Crippen LogP contribution in [0.4, 0.5) is 9.59 Å². The molecule has 26 heavy (non-hydrogen) atoms. The Balaban J connectivity index is 1.90. The van der Waals surface area contributed by atoms with E-state index < -0.39 is 24.3 Å². The Morgan fingerprint density at radius 2 is 1.08 bits per heavy atom. The molecule has 134 valence electrons. The van der Waals surface area contributed by atoms with E-state index in [1.165, 1.54) is 12.1 Å². The largest absolute Gasteiger partial charge is 0.413 e. The molecule has 0 spiro atoms. The molecule has 0 bridgehead atoms. The molecular weight excluding hydrogens is 426 g/mol. The van der Waals surface area contributed by atoms with Gasteiger partial charge in [0, 0.05) is 21.2 Å². The van der Waals surface area contributed by atoms with Crippen molar-refractivity contribution in [3.05, 3.63) is 55.5 Å². The highest BCUT2D eigenvalue weighted by molar-refractivity contribution is 6.36. The van der Waals surface area contributed by atoms with Crippen LogP contribution in [0, 0.1) is 0 Å². The number of ether oxygens (including phenoxy) is 2. The molecule has 2 aliphatic rings. The number of halogens is 4. The van der Waals surface area contributed by atoms with E-state index in [4.69, 9.17) is 55.9 Å². The minimum absolute atomic E-state index is 0.167. The highest BCUT2D eigenvalue weighted by atomic mass is 35.5. The molecule has 2 aromatic carbocycles. The molecule has 0 radical (unpaired) electrons. The van der Waals surface area contributed by atoms with E-state index in [-0.39, 0.29) is 21.5 Å². The fourth-order valence-corrected chi connectivity index (χ4v) is 4.11. The zero-order valence-electron chi connectivity index (χ0n) is 12.6. The van der Waals surface area contributed by atoms with Gasteiger partial charge in [0.1, 0.15) is 0 Å². The van der Waals surface area contributed by atoms with Gasteiger partial charge in [-0.3, -0.25) is 0 Å². The van der Waals surface area contributed by atoms with Crippen molar-refractivity contribution < 1.29 is 19.1 Å². The summed E-state index contributed by atoms with van der Waals surface area (Å²) in [6.45, 7) is 0. The number of nitrogens with one attached hydrogen (secondary N) is 2. The molecule has 10 heteroatoms. The molecule has 2 amide bonds. The normalized spacial score (nSPS) is 20.9. The van der Waals surface area contributed by atoms with Crippen LogP contribution in [0.1, 0.15) is 23.2 Å². The summed E-state index contributed by atoms with van der Waals surface area (Å²) in [6.07, 6.45) is -1.44. The second-order valence-electron chi connectivity index (χ2n) is 5.63. The quantitative estimate of drug-likeness (QED) is 0.640. The maximum absolute atomic E-state index is 12.0. The van der Waals surface area contributed by atoms with Crippen LogP contribution in [0.5, 0.6) is 11.5 Å². The van der Waals surface area contributed by atoms with Crippen molar-refractivity contribution in [1.82, 2.24) is 10.6 Å². The maximum atomic E-state index is 12.0. The molecule has 2 heterocycles. The molecule has 0 aliphatic carbocycles. The van der Waals surface area contributed by atoms with Crippen LogP contribution < -0.4 is 20.1 Å². The predicted molar refractivity (Wildman–Crippen MR) is 96.7 cm³/mol. The predicted octanol–water partition coefficient (Wildman–Crippen LogP) is 5.29. The number of rotatable bonds is 1. The molecule has 6 nitrogen and oxygen atoms in total. The van der Waals surface area contributed by atoms with Crippen molar-refractivity contribution in [1.29, 1.82) is 0 Å². The molecule has 0 aromatic heterocycles. The number of carbonyl (C=O) groups excluding carboxylic acids is 2. The van der Waals surface area contributed by atoms with Gasteiger partial charge in [-0.2, -0.15) is 0 Å². The minimum Gasteiger partial charge on any atom is -0.408 e. The van der Waals surface area contributed by atoms with Crippen molar-refractivity contribution in [2.24, 2.45) is 0 Å². The molecule has 0 unspecified atom stereocenters. The van der Waals surface area contributed by atoms with Gasteiger partial charge in [0.05, 0.1) is 22.1 Å². The smallest absolute Gasteiger partial charge is 0.408 e. The lowest BCUT2D eigenvalue weighted by atomic mass is 9.91. The first-order chi connectivity index (χ1) is 12.3. The third-order valence-electron chi connectivity index (χ3n) is 4.01. The van der Waals surface area contributed by atoms with E-state index in [9.17, 15) is 9.59 Å². The van der Waals surface area contributed by atoms with Crippen LogP contribution in [0.2, 0.25) is 20.1 Å². The molecule has 2 aliphatic heterocycles. The van der Waals surface area contributed by atoms with E-state index in [0.29, 0.717) is 21.2 Å². The second kappa shape index (κ2) is 6.39. The van der Waals surface area contributed by atoms with Crippen LogP contribution >= 0.6 is 46.4 Å². The van der Waals surface area contributed by atoms with Crippen LogP contribution in [0.25, 0.3) is 0 Å². The first-order valence-corrected chi connectivity index (χ1v) is 8.79. The number of benzene rings is 2. The van der Waals surface area contributed by atoms with E-state index in [1.54, 1.807) is 12.1 Å². The standard InChI is InChI=1S/C16H8Cl4N2O4/c17-5-1-7-11(21-15(23)25-13(7)9(19)3-5)12-8-2-6(18)4-10(20)14(8)26-16(24)22-12/h1-4,11-12H,(H,21,23)(H,22,24)/t11-,12+. The minimum atomic E-state index is -0.733. The van der Waals surface area contributed by atoms with Gasteiger partial charge < -0.3 is 20.1 Å². The highest BCUT2D eigenvalue weighted by Crippen LogP contribution is 2.47. The fourth-order valence-electron chi connectivity index (χ4n) is 3.02. The third kappa shape index (κ3) is 2.93. The maximum Gasteiger partial charge on any atom is 0.413 e. The summed E-state index contributed by atoms with van der Waals surface area (Å²) in [5, 5.41) is 6.37. The number of carbonyl (C=O) groups is 2. The molecule has 4 rings (SSSR count). The number of amides is 2. The zero-order valence-corrected chi connectivity index (χ0v) is 15.6. The number of hydrogen-bond acceptors (Lipinski definition) is 4. The van der Waals surface area contributed by atoms with E-state index in [0.717, 1.165) is 0 Å². The van der Waals surface area contributed by atoms with Gasteiger partial charge >= 0.3 is 12.2 Å². The lowest BCUT2D eigenvalue weighted by Gasteiger charge is -2.36. The molecule has 2 aromatic rings.